The first-order chi connectivity index (χ1) is 5.52. The average molecular weight is 176 g/mol. The number of rotatable bonds is 6. The summed E-state index contributed by atoms with van der Waals surface area (Å²) in [6.07, 6.45) is 0.0563. The third-order valence-corrected chi connectivity index (χ3v) is 1.27. The lowest BCUT2D eigenvalue weighted by Crippen LogP contribution is -2.17. The summed E-state index contributed by atoms with van der Waals surface area (Å²) < 4.78 is 4.99. The number of ether oxygens (including phenoxy) is 1. The topological polar surface area (TPSA) is 66.8 Å². The van der Waals surface area contributed by atoms with E-state index in [2.05, 4.69) is 0 Å². The zero-order valence-electron chi connectivity index (χ0n) is 7.49. The van der Waals surface area contributed by atoms with Gasteiger partial charge in [0.15, 0.2) is 6.29 Å². The summed E-state index contributed by atoms with van der Waals surface area (Å²) >= 11 is 0. The lowest BCUT2D eigenvalue weighted by Gasteiger charge is -2.13. The van der Waals surface area contributed by atoms with Gasteiger partial charge in [0.05, 0.1) is 6.10 Å². The van der Waals surface area contributed by atoms with E-state index in [1.54, 1.807) is 0 Å². The fraction of sp³-hybridized carbons (Fsp3) is 0.875. The molecule has 0 aliphatic heterocycles. The second-order valence-corrected chi connectivity index (χ2v) is 2.93. The number of aliphatic hydroxyl groups excluding tert-OH is 1. The van der Waals surface area contributed by atoms with Gasteiger partial charge in [-0.25, -0.2) is 0 Å². The van der Waals surface area contributed by atoms with Crippen molar-refractivity contribution in [3.8, 4) is 0 Å². The highest BCUT2D eigenvalue weighted by atomic mass is 16.6. The number of aliphatic hydroxyl groups is 1. The van der Waals surface area contributed by atoms with Crippen molar-refractivity contribution in [2.45, 2.75) is 45.5 Å². The zero-order valence-corrected chi connectivity index (χ0v) is 7.49. The second-order valence-electron chi connectivity index (χ2n) is 2.93. The number of carboxylic acid groups (broad SMARTS) is 1. The van der Waals surface area contributed by atoms with Gasteiger partial charge in [-0.05, 0) is 26.7 Å². The molecule has 0 spiro atoms. The Labute approximate surface area is 72.2 Å². The van der Waals surface area contributed by atoms with Gasteiger partial charge >= 0.3 is 5.97 Å². The Balaban J connectivity index is 3.31. The number of carboxylic acids is 1. The van der Waals surface area contributed by atoms with Crippen molar-refractivity contribution in [2.75, 3.05) is 0 Å². The van der Waals surface area contributed by atoms with Crippen LogP contribution >= 0.6 is 0 Å². The maximum Gasteiger partial charge on any atom is 0.303 e. The minimum Gasteiger partial charge on any atom is -0.481 e. The molecule has 0 fully saturated rings. The SMILES string of the molecule is CC(C)OC(O)CCCC(=O)O. The summed E-state index contributed by atoms with van der Waals surface area (Å²) in [4.78, 5) is 10.1. The van der Waals surface area contributed by atoms with Gasteiger partial charge in [0.2, 0.25) is 0 Å². The Hall–Kier alpha value is -0.610. The van der Waals surface area contributed by atoms with Crippen LogP contribution in [0.5, 0.6) is 0 Å². The molecule has 0 bridgehead atoms. The summed E-state index contributed by atoms with van der Waals surface area (Å²) in [7, 11) is 0. The molecule has 12 heavy (non-hydrogen) atoms. The molecule has 0 saturated carbocycles. The molecule has 0 aromatic carbocycles. The zero-order chi connectivity index (χ0) is 9.56. The molecule has 0 amide bonds. The predicted octanol–water partition coefficient (Wildman–Crippen LogP) is 0.985. The minimum absolute atomic E-state index is 0.0233. The smallest absolute Gasteiger partial charge is 0.303 e. The monoisotopic (exact) mass is 176 g/mol. The predicted molar refractivity (Wildman–Crippen MR) is 43.7 cm³/mol. The highest BCUT2D eigenvalue weighted by Crippen LogP contribution is 2.04. The Kier molecular flexibility index (Phi) is 5.66. The number of hydrogen-bond donors (Lipinski definition) is 2. The van der Waals surface area contributed by atoms with E-state index in [-0.39, 0.29) is 12.5 Å². The Bertz CT molecular complexity index is 133. The van der Waals surface area contributed by atoms with Crippen molar-refractivity contribution < 1.29 is 19.7 Å². The molecule has 0 radical (unpaired) electrons. The molecular formula is C8H16O4. The quantitative estimate of drug-likeness (QED) is 0.592. The van der Waals surface area contributed by atoms with Crippen molar-refractivity contribution in [3.63, 3.8) is 0 Å². The van der Waals surface area contributed by atoms with Crippen LogP contribution in [0.3, 0.4) is 0 Å². The summed E-state index contributed by atoms with van der Waals surface area (Å²) in [6, 6.07) is 0. The van der Waals surface area contributed by atoms with Gasteiger partial charge in [0.1, 0.15) is 0 Å². The van der Waals surface area contributed by atoms with E-state index >= 15 is 0 Å². The molecule has 0 saturated heterocycles. The van der Waals surface area contributed by atoms with Crippen molar-refractivity contribution in [1.82, 2.24) is 0 Å². The summed E-state index contributed by atoms with van der Waals surface area (Å²) in [6.45, 7) is 3.64. The van der Waals surface area contributed by atoms with Crippen LogP contribution in [-0.2, 0) is 9.53 Å². The van der Waals surface area contributed by atoms with Gasteiger partial charge in [-0.2, -0.15) is 0 Å². The highest BCUT2D eigenvalue weighted by molar-refractivity contribution is 5.66. The fourth-order valence-corrected chi connectivity index (χ4v) is 0.810. The first-order valence-corrected chi connectivity index (χ1v) is 4.07. The summed E-state index contributed by atoms with van der Waals surface area (Å²) in [5.74, 6) is -0.841. The third-order valence-electron chi connectivity index (χ3n) is 1.27. The van der Waals surface area contributed by atoms with Crippen LogP contribution in [0.2, 0.25) is 0 Å². The van der Waals surface area contributed by atoms with Crippen LogP contribution in [-0.4, -0.2) is 28.6 Å². The van der Waals surface area contributed by atoms with Gasteiger partial charge < -0.3 is 14.9 Å². The molecule has 0 aromatic rings. The molecule has 4 heteroatoms. The van der Waals surface area contributed by atoms with E-state index in [0.29, 0.717) is 12.8 Å². The lowest BCUT2D eigenvalue weighted by molar-refractivity contribution is -0.140. The van der Waals surface area contributed by atoms with Crippen LogP contribution in [0.25, 0.3) is 0 Å². The lowest BCUT2D eigenvalue weighted by atomic mass is 10.2. The third kappa shape index (κ3) is 7.50. The van der Waals surface area contributed by atoms with Crippen molar-refractivity contribution in [3.05, 3.63) is 0 Å². The van der Waals surface area contributed by atoms with Crippen LogP contribution in [0.15, 0.2) is 0 Å². The van der Waals surface area contributed by atoms with Crippen LogP contribution < -0.4 is 0 Å². The van der Waals surface area contributed by atoms with E-state index in [9.17, 15) is 4.79 Å². The normalized spacial score (nSPS) is 13.3. The molecule has 0 aromatic heterocycles. The maximum atomic E-state index is 10.1. The van der Waals surface area contributed by atoms with Gasteiger partial charge in [0.25, 0.3) is 0 Å². The van der Waals surface area contributed by atoms with Crippen molar-refractivity contribution >= 4 is 5.97 Å². The largest absolute Gasteiger partial charge is 0.481 e. The number of aliphatic carboxylic acids is 1. The van der Waals surface area contributed by atoms with Gasteiger partial charge in [-0.15, -0.1) is 0 Å². The number of hydrogen-bond acceptors (Lipinski definition) is 3. The first kappa shape index (κ1) is 11.4. The number of carbonyl (C=O) groups is 1. The maximum absolute atomic E-state index is 10.1. The second kappa shape index (κ2) is 5.97. The molecule has 0 aliphatic rings. The van der Waals surface area contributed by atoms with Crippen molar-refractivity contribution in [2.24, 2.45) is 0 Å². The molecule has 4 nitrogen and oxygen atoms in total. The molecule has 1 unspecified atom stereocenters. The van der Waals surface area contributed by atoms with E-state index < -0.39 is 12.3 Å². The van der Waals surface area contributed by atoms with E-state index in [4.69, 9.17) is 14.9 Å². The summed E-state index contributed by atoms with van der Waals surface area (Å²) in [5, 5.41) is 17.4. The Morgan fingerprint density at radius 1 is 1.50 bits per heavy atom. The van der Waals surface area contributed by atoms with E-state index in [1.807, 2.05) is 13.8 Å². The van der Waals surface area contributed by atoms with Gasteiger partial charge in [-0.1, -0.05) is 0 Å². The van der Waals surface area contributed by atoms with Crippen LogP contribution in [0.4, 0.5) is 0 Å². The fourth-order valence-electron chi connectivity index (χ4n) is 0.810. The van der Waals surface area contributed by atoms with Gasteiger partial charge in [0, 0.05) is 6.42 Å². The molecule has 0 heterocycles. The summed E-state index contributed by atoms with van der Waals surface area (Å²) in [5.41, 5.74) is 0. The van der Waals surface area contributed by atoms with Gasteiger partial charge in [-0.3, -0.25) is 4.79 Å². The Morgan fingerprint density at radius 2 is 2.08 bits per heavy atom. The first-order valence-electron chi connectivity index (χ1n) is 4.07. The minimum atomic E-state index is -0.841. The van der Waals surface area contributed by atoms with Crippen LogP contribution in [0, 0.1) is 0 Å². The standard InChI is InChI=1S/C8H16O4/c1-6(2)12-8(11)5-3-4-7(9)10/h6,8,11H,3-5H2,1-2H3,(H,9,10). The molecule has 2 N–H and O–H groups in total. The highest BCUT2D eigenvalue weighted by Gasteiger charge is 2.07. The molecule has 0 rings (SSSR count). The Morgan fingerprint density at radius 3 is 2.50 bits per heavy atom. The van der Waals surface area contributed by atoms with E-state index in [1.165, 1.54) is 0 Å². The van der Waals surface area contributed by atoms with E-state index in [0.717, 1.165) is 0 Å². The molecule has 72 valence electrons. The van der Waals surface area contributed by atoms with Crippen LogP contribution in [0.1, 0.15) is 33.1 Å². The molecular weight excluding hydrogens is 160 g/mol. The molecule has 1 atom stereocenters. The average Bonchev–Trinajstić information content (AvgIpc) is 1.84. The molecule has 0 aliphatic carbocycles. The van der Waals surface area contributed by atoms with Crippen molar-refractivity contribution in [1.29, 1.82) is 0 Å².